The predicted octanol–water partition coefficient (Wildman–Crippen LogP) is 3.08. The Labute approximate surface area is 159 Å². The van der Waals surface area contributed by atoms with Crippen LogP contribution in [0.4, 0.5) is 10.2 Å². The topological polar surface area (TPSA) is 69.0 Å². The summed E-state index contributed by atoms with van der Waals surface area (Å²) in [5.41, 5.74) is 3.07. The molecule has 0 aliphatic heterocycles. The van der Waals surface area contributed by atoms with Crippen molar-refractivity contribution >= 4 is 16.6 Å². The standard InChI is InChI=1S/C19H21FN4O2S/c1-24-18(14-8-9-21-16(12-14)22-10-11-26-2)17(23-19(24)27(3)25)13-4-6-15(20)7-5-13/h4-9,12H,10-11H2,1-3H3,(H,21,22). The summed E-state index contributed by atoms with van der Waals surface area (Å²) in [5, 5.41) is 3.65. The molecule has 1 unspecified atom stereocenters. The van der Waals surface area contributed by atoms with Gasteiger partial charge in [0.25, 0.3) is 0 Å². The van der Waals surface area contributed by atoms with E-state index in [4.69, 9.17) is 4.74 Å². The lowest BCUT2D eigenvalue weighted by Crippen LogP contribution is -2.08. The average Bonchev–Trinajstić information content (AvgIpc) is 3.00. The molecule has 0 aliphatic carbocycles. The second-order valence-electron chi connectivity index (χ2n) is 5.96. The predicted molar refractivity (Wildman–Crippen MR) is 105 cm³/mol. The van der Waals surface area contributed by atoms with Crippen molar-refractivity contribution in [1.82, 2.24) is 14.5 Å². The van der Waals surface area contributed by atoms with Crippen LogP contribution >= 0.6 is 0 Å². The molecule has 0 fully saturated rings. The zero-order chi connectivity index (χ0) is 19.4. The Morgan fingerprint density at radius 1 is 1.22 bits per heavy atom. The second-order valence-corrected chi connectivity index (χ2v) is 7.23. The van der Waals surface area contributed by atoms with Gasteiger partial charge in [-0.1, -0.05) is 0 Å². The fourth-order valence-corrected chi connectivity index (χ4v) is 3.53. The molecule has 2 heterocycles. The molecule has 142 valence electrons. The smallest absolute Gasteiger partial charge is 0.199 e. The number of anilines is 1. The summed E-state index contributed by atoms with van der Waals surface area (Å²) in [6.45, 7) is 1.20. The molecule has 0 saturated carbocycles. The van der Waals surface area contributed by atoms with E-state index in [0.717, 1.165) is 16.8 Å². The van der Waals surface area contributed by atoms with Crippen LogP contribution in [0.3, 0.4) is 0 Å². The van der Waals surface area contributed by atoms with Gasteiger partial charge in [0, 0.05) is 44.3 Å². The molecule has 6 nitrogen and oxygen atoms in total. The van der Waals surface area contributed by atoms with Crippen molar-refractivity contribution < 1.29 is 13.3 Å². The molecule has 0 aliphatic rings. The highest BCUT2D eigenvalue weighted by Crippen LogP contribution is 2.33. The Bertz CT molecular complexity index is 957. The highest BCUT2D eigenvalue weighted by Gasteiger charge is 2.20. The van der Waals surface area contributed by atoms with E-state index in [9.17, 15) is 8.60 Å². The van der Waals surface area contributed by atoms with E-state index < -0.39 is 10.8 Å². The molecule has 1 atom stereocenters. The molecule has 0 spiro atoms. The van der Waals surface area contributed by atoms with Crippen LogP contribution in [-0.4, -0.2) is 45.3 Å². The van der Waals surface area contributed by atoms with Crippen LogP contribution in [0.25, 0.3) is 22.5 Å². The maximum Gasteiger partial charge on any atom is 0.199 e. The van der Waals surface area contributed by atoms with Crippen LogP contribution in [-0.2, 0) is 22.6 Å². The number of aromatic nitrogens is 3. The van der Waals surface area contributed by atoms with E-state index in [1.165, 1.54) is 12.1 Å². The number of methoxy groups -OCH3 is 1. The number of imidazole rings is 1. The molecule has 0 saturated heterocycles. The summed E-state index contributed by atoms with van der Waals surface area (Å²) in [4.78, 5) is 8.89. The Morgan fingerprint density at radius 2 is 1.96 bits per heavy atom. The SMILES string of the molecule is COCCNc1cc(-c2c(-c3ccc(F)cc3)nc(S(C)=O)n2C)ccn1. The van der Waals surface area contributed by atoms with E-state index in [0.29, 0.717) is 29.8 Å². The maximum atomic E-state index is 13.3. The molecule has 8 heteroatoms. The lowest BCUT2D eigenvalue weighted by molar-refractivity contribution is 0.210. The highest BCUT2D eigenvalue weighted by molar-refractivity contribution is 7.84. The summed E-state index contributed by atoms with van der Waals surface area (Å²) in [5.74, 6) is 0.388. The van der Waals surface area contributed by atoms with Crippen molar-refractivity contribution in [3.05, 3.63) is 48.4 Å². The number of pyridine rings is 1. The van der Waals surface area contributed by atoms with Crippen LogP contribution in [0, 0.1) is 5.82 Å². The van der Waals surface area contributed by atoms with Gasteiger partial charge in [-0.15, -0.1) is 0 Å². The fourth-order valence-electron chi connectivity index (χ4n) is 2.83. The van der Waals surface area contributed by atoms with Crippen LogP contribution in [0.1, 0.15) is 0 Å². The number of rotatable bonds is 7. The number of hydrogen-bond acceptors (Lipinski definition) is 5. The van der Waals surface area contributed by atoms with Gasteiger partial charge in [0.1, 0.15) is 11.6 Å². The normalized spacial score (nSPS) is 12.1. The molecule has 1 N–H and O–H groups in total. The van der Waals surface area contributed by atoms with Crippen LogP contribution in [0.2, 0.25) is 0 Å². The van der Waals surface area contributed by atoms with Gasteiger partial charge in [-0.3, -0.25) is 4.21 Å². The largest absolute Gasteiger partial charge is 0.383 e. The third kappa shape index (κ3) is 4.23. The van der Waals surface area contributed by atoms with Crippen LogP contribution in [0.15, 0.2) is 47.8 Å². The Kier molecular flexibility index (Phi) is 5.98. The Morgan fingerprint density at radius 3 is 2.63 bits per heavy atom. The molecule has 2 aromatic heterocycles. The van der Waals surface area contributed by atoms with Gasteiger partial charge in [0.15, 0.2) is 5.16 Å². The van der Waals surface area contributed by atoms with E-state index >= 15 is 0 Å². The Balaban J connectivity index is 2.10. The van der Waals surface area contributed by atoms with Gasteiger partial charge in [-0.05, 0) is 36.4 Å². The summed E-state index contributed by atoms with van der Waals surface area (Å²) < 4.78 is 32.3. The second kappa shape index (κ2) is 8.41. The molecule has 0 bridgehead atoms. The van der Waals surface area contributed by atoms with Crippen molar-refractivity contribution in [1.29, 1.82) is 0 Å². The number of hydrogen-bond donors (Lipinski definition) is 1. The van der Waals surface area contributed by atoms with Crippen molar-refractivity contribution in [2.75, 3.05) is 31.8 Å². The van der Waals surface area contributed by atoms with E-state index in [2.05, 4.69) is 15.3 Å². The molecule has 0 radical (unpaired) electrons. The van der Waals surface area contributed by atoms with E-state index in [1.54, 1.807) is 31.7 Å². The van der Waals surface area contributed by atoms with E-state index in [-0.39, 0.29) is 5.82 Å². The first-order valence-electron chi connectivity index (χ1n) is 8.36. The minimum absolute atomic E-state index is 0.316. The first kappa shape index (κ1) is 19.2. The van der Waals surface area contributed by atoms with Gasteiger partial charge in [0.05, 0.1) is 28.8 Å². The molecule has 0 amide bonds. The minimum Gasteiger partial charge on any atom is -0.383 e. The fraction of sp³-hybridized carbons (Fsp3) is 0.263. The number of halogens is 1. The average molecular weight is 388 g/mol. The summed E-state index contributed by atoms with van der Waals surface area (Å²) in [6.07, 6.45) is 3.29. The zero-order valence-corrected chi connectivity index (χ0v) is 16.2. The summed E-state index contributed by atoms with van der Waals surface area (Å²) in [6, 6.07) is 9.89. The first-order chi connectivity index (χ1) is 13.0. The molecule has 3 rings (SSSR count). The zero-order valence-electron chi connectivity index (χ0n) is 15.4. The molecule has 3 aromatic rings. The molecule has 27 heavy (non-hydrogen) atoms. The van der Waals surface area contributed by atoms with E-state index in [1.807, 2.05) is 23.7 Å². The van der Waals surface area contributed by atoms with Crippen LogP contribution < -0.4 is 5.32 Å². The molecule has 1 aromatic carbocycles. The Hall–Kier alpha value is -2.58. The first-order valence-corrected chi connectivity index (χ1v) is 9.92. The lowest BCUT2D eigenvalue weighted by Gasteiger charge is -2.10. The van der Waals surface area contributed by atoms with Crippen molar-refractivity contribution in [3.63, 3.8) is 0 Å². The van der Waals surface area contributed by atoms with Crippen LogP contribution in [0.5, 0.6) is 0 Å². The lowest BCUT2D eigenvalue weighted by atomic mass is 10.1. The van der Waals surface area contributed by atoms with Gasteiger partial charge in [0.2, 0.25) is 0 Å². The van der Waals surface area contributed by atoms with Crippen molar-refractivity contribution in [2.45, 2.75) is 5.16 Å². The van der Waals surface area contributed by atoms with Crippen molar-refractivity contribution in [3.8, 4) is 22.5 Å². The third-order valence-corrected chi connectivity index (χ3v) is 4.95. The number of ether oxygens (including phenoxy) is 1. The quantitative estimate of drug-likeness (QED) is 0.630. The maximum absolute atomic E-state index is 13.3. The van der Waals surface area contributed by atoms with Crippen molar-refractivity contribution in [2.24, 2.45) is 7.05 Å². The van der Waals surface area contributed by atoms with Gasteiger partial charge in [-0.25, -0.2) is 14.4 Å². The number of nitrogens with one attached hydrogen (secondary N) is 1. The van der Waals surface area contributed by atoms with Gasteiger partial charge >= 0.3 is 0 Å². The monoisotopic (exact) mass is 388 g/mol. The number of nitrogens with zero attached hydrogens (tertiary/aromatic N) is 3. The van der Waals surface area contributed by atoms with Gasteiger partial charge in [-0.2, -0.15) is 0 Å². The highest BCUT2D eigenvalue weighted by atomic mass is 32.2. The third-order valence-electron chi connectivity index (χ3n) is 4.07. The molecular weight excluding hydrogens is 367 g/mol. The summed E-state index contributed by atoms with van der Waals surface area (Å²) >= 11 is 0. The van der Waals surface area contributed by atoms with Gasteiger partial charge < -0.3 is 14.6 Å². The summed E-state index contributed by atoms with van der Waals surface area (Å²) in [7, 11) is 2.20. The number of benzene rings is 1. The molecular formula is C19H21FN4O2S. The minimum atomic E-state index is -1.26.